The van der Waals surface area contributed by atoms with E-state index in [2.05, 4.69) is 20.3 Å². The monoisotopic (exact) mass is 415 g/mol. The Morgan fingerprint density at radius 2 is 2.00 bits per heavy atom. The van der Waals surface area contributed by atoms with Crippen molar-refractivity contribution in [2.75, 3.05) is 13.7 Å². The van der Waals surface area contributed by atoms with Crippen LogP contribution in [0.1, 0.15) is 22.6 Å². The van der Waals surface area contributed by atoms with Gasteiger partial charge < -0.3 is 19.7 Å². The van der Waals surface area contributed by atoms with E-state index in [0.29, 0.717) is 23.5 Å². The number of methoxy groups -OCH3 is 1. The van der Waals surface area contributed by atoms with Gasteiger partial charge in [-0.15, -0.1) is 0 Å². The van der Waals surface area contributed by atoms with Gasteiger partial charge in [0.2, 0.25) is 5.82 Å². The molecule has 0 radical (unpaired) electrons. The van der Waals surface area contributed by atoms with E-state index < -0.39 is 5.82 Å². The summed E-state index contributed by atoms with van der Waals surface area (Å²) in [5, 5.41) is 9.78. The van der Waals surface area contributed by atoms with Crippen LogP contribution < -0.4 is 10.1 Å². The summed E-state index contributed by atoms with van der Waals surface area (Å²) in [5.74, 6) is 0.395. The molecule has 0 saturated heterocycles. The number of hydrogen-bond acceptors (Lipinski definition) is 6. The van der Waals surface area contributed by atoms with E-state index in [-0.39, 0.29) is 18.3 Å². The van der Waals surface area contributed by atoms with Crippen molar-refractivity contribution in [2.45, 2.75) is 19.9 Å². The predicted octanol–water partition coefficient (Wildman–Crippen LogP) is 2.32. The van der Waals surface area contributed by atoms with E-state index in [9.17, 15) is 9.18 Å². The van der Waals surface area contributed by atoms with Crippen molar-refractivity contribution in [1.29, 1.82) is 0 Å². The van der Waals surface area contributed by atoms with Crippen LogP contribution in [0.2, 0.25) is 0 Å². The summed E-state index contributed by atoms with van der Waals surface area (Å²) in [6.07, 6.45) is 5.55. The quantitative estimate of drug-likeness (QED) is 0.449. The van der Waals surface area contributed by atoms with Gasteiger partial charge in [0.15, 0.2) is 5.82 Å². The summed E-state index contributed by atoms with van der Waals surface area (Å²) in [4.78, 5) is 32.7. The summed E-state index contributed by atoms with van der Waals surface area (Å²) in [6, 6.07) is 6.81. The molecule has 9 nitrogen and oxygen atoms in total. The van der Waals surface area contributed by atoms with Crippen molar-refractivity contribution < 1.29 is 23.8 Å². The molecular weight excluding hydrogens is 393 g/mol. The van der Waals surface area contributed by atoms with Crippen molar-refractivity contribution in [1.82, 2.24) is 24.8 Å². The third-order valence-electron chi connectivity index (χ3n) is 4.10. The standard InChI is InChI=1S/C19H20FN5O2.CH2O2/c1-13-21-9-11-25(13)10-3-8-22-18(26)15-6-4-14(5-7-15)17-23-12-16(20)19(24-17)27-2;2-1-3/h4-7,9,11-12H,3,8,10H2,1-2H3,(H,22,26);1H,(H,2,3). The van der Waals surface area contributed by atoms with Gasteiger partial charge >= 0.3 is 0 Å². The molecule has 0 aliphatic carbocycles. The number of nitrogens with zero attached hydrogens (tertiary/aromatic N) is 4. The third-order valence-corrected chi connectivity index (χ3v) is 4.10. The first kappa shape index (κ1) is 22.5. The van der Waals surface area contributed by atoms with Gasteiger partial charge in [0.05, 0.1) is 13.3 Å². The van der Waals surface area contributed by atoms with E-state index in [4.69, 9.17) is 14.6 Å². The van der Waals surface area contributed by atoms with Crippen LogP contribution in [0.25, 0.3) is 11.4 Å². The highest BCUT2D eigenvalue weighted by atomic mass is 19.1. The Labute approximate surface area is 172 Å². The van der Waals surface area contributed by atoms with E-state index >= 15 is 0 Å². The first-order valence-corrected chi connectivity index (χ1v) is 9.01. The summed E-state index contributed by atoms with van der Waals surface area (Å²) < 4.78 is 20.3. The largest absolute Gasteiger partial charge is 0.483 e. The lowest BCUT2D eigenvalue weighted by molar-refractivity contribution is -0.122. The first-order chi connectivity index (χ1) is 14.5. The maximum atomic E-state index is 13.4. The number of carboxylic acid groups (broad SMARTS) is 1. The zero-order valence-electron chi connectivity index (χ0n) is 16.6. The maximum Gasteiger partial charge on any atom is 0.290 e. The molecule has 3 aromatic rings. The molecule has 0 saturated carbocycles. The predicted molar refractivity (Wildman–Crippen MR) is 107 cm³/mol. The van der Waals surface area contributed by atoms with Gasteiger partial charge in [0.1, 0.15) is 5.82 Å². The lowest BCUT2D eigenvalue weighted by Crippen LogP contribution is -2.25. The number of carbonyl (C=O) groups excluding carboxylic acids is 1. The first-order valence-electron chi connectivity index (χ1n) is 9.01. The van der Waals surface area contributed by atoms with Gasteiger partial charge in [-0.25, -0.2) is 9.97 Å². The molecule has 0 aliphatic rings. The number of aromatic nitrogens is 4. The highest BCUT2D eigenvalue weighted by molar-refractivity contribution is 5.94. The van der Waals surface area contributed by atoms with Gasteiger partial charge in [-0.3, -0.25) is 9.59 Å². The van der Waals surface area contributed by atoms with Crippen molar-refractivity contribution in [3.8, 4) is 17.3 Å². The Hall–Kier alpha value is -3.82. The molecule has 2 heterocycles. The minimum atomic E-state index is -0.622. The number of amides is 1. The second-order valence-electron chi connectivity index (χ2n) is 6.01. The van der Waals surface area contributed by atoms with Gasteiger partial charge in [-0.05, 0) is 25.5 Å². The van der Waals surface area contributed by atoms with Crippen LogP contribution in [-0.2, 0) is 11.3 Å². The molecule has 0 unspecified atom stereocenters. The number of benzene rings is 1. The molecule has 2 N–H and O–H groups in total. The summed E-state index contributed by atoms with van der Waals surface area (Å²) in [5.41, 5.74) is 1.20. The zero-order valence-corrected chi connectivity index (χ0v) is 16.6. The number of aryl methyl sites for hydroxylation is 2. The molecule has 2 aromatic heterocycles. The van der Waals surface area contributed by atoms with Crippen LogP contribution in [0.4, 0.5) is 4.39 Å². The molecule has 0 atom stereocenters. The fourth-order valence-corrected chi connectivity index (χ4v) is 2.60. The minimum absolute atomic E-state index is 0.116. The minimum Gasteiger partial charge on any atom is -0.483 e. The van der Waals surface area contributed by atoms with E-state index in [1.54, 1.807) is 30.5 Å². The van der Waals surface area contributed by atoms with Crippen LogP contribution >= 0.6 is 0 Å². The van der Waals surface area contributed by atoms with Crippen LogP contribution in [0, 0.1) is 12.7 Å². The normalized spacial score (nSPS) is 9.97. The number of rotatable bonds is 7. The van der Waals surface area contributed by atoms with Crippen LogP contribution in [0.5, 0.6) is 5.88 Å². The lowest BCUT2D eigenvalue weighted by atomic mass is 10.1. The van der Waals surface area contributed by atoms with E-state index in [1.807, 2.05) is 17.7 Å². The lowest BCUT2D eigenvalue weighted by Gasteiger charge is -2.08. The molecule has 10 heteroatoms. The SMILES string of the molecule is COc1nc(-c2ccc(C(=O)NCCCn3ccnc3C)cc2)ncc1F.O=CO. The van der Waals surface area contributed by atoms with Crippen molar-refractivity contribution >= 4 is 12.4 Å². The molecule has 0 fully saturated rings. The number of carbonyl (C=O) groups is 2. The second-order valence-corrected chi connectivity index (χ2v) is 6.01. The van der Waals surface area contributed by atoms with Crippen LogP contribution in [0.15, 0.2) is 42.9 Å². The maximum absolute atomic E-state index is 13.4. The highest BCUT2D eigenvalue weighted by Gasteiger charge is 2.10. The van der Waals surface area contributed by atoms with Gasteiger partial charge in [0.25, 0.3) is 18.3 Å². The van der Waals surface area contributed by atoms with Crippen molar-refractivity contribution in [3.63, 3.8) is 0 Å². The van der Waals surface area contributed by atoms with Crippen molar-refractivity contribution in [2.24, 2.45) is 0 Å². The fraction of sp³-hybridized carbons (Fsp3) is 0.250. The fourth-order valence-electron chi connectivity index (χ4n) is 2.60. The molecule has 0 spiro atoms. The van der Waals surface area contributed by atoms with Gasteiger partial charge in [-0.2, -0.15) is 9.37 Å². The molecule has 3 rings (SSSR count). The molecule has 1 amide bonds. The Bertz CT molecular complexity index is 976. The van der Waals surface area contributed by atoms with Crippen molar-refractivity contribution in [3.05, 3.63) is 60.1 Å². The molecular formula is C20H22FN5O4. The summed E-state index contributed by atoms with van der Waals surface area (Å²) in [7, 11) is 1.34. The number of ether oxygens (including phenoxy) is 1. The Morgan fingerprint density at radius 1 is 1.30 bits per heavy atom. The highest BCUT2D eigenvalue weighted by Crippen LogP contribution is 2.20. The molecule has 1 aromatic carbocycles. The molecule has 30 heavy (non-hydrogen) atoms. The average molecular weight is 415 g/mol. The number of hydrogen-bond donors (Lipinski definition) is 2. The van der Waals surface area contributed by atoms with Crippen LogP contribution in [0.3, 0.4) is 0 Å². The topological polar surface area (TPSA) is 119 Å². The second kappa shape index (κ2) is 11.2. The Balaban J connectivity index is 0.00000101. The Morgan fingerprint density at radius 3 is 2.60 bits per heavy atom. The number of nitrogens with one attached hydrogen (secondary N) is 1. The number of halogens is 1. The number of imidazole rings is 1. The Kier molecular flexibility index (Phi) is 8.42. The average Bonchev–Trinajstić information content (AvgIpc) is 3.17. The van der Waals surface area contributed by atoms with Gasteiger partial charge in [0, 0.05) is 36.6 Å². The zero-order chi connectivity index (χ0) is 21.9. The van der Waals surface area contributed by atoms with Crippen LogP contribution in [-0.4, -0.2) is 50.7 Å². The smallest absolute Gasteiger partial charge is 0.290 e. The van der Waals surface area contributed by atoms with E-state index in [0.717, 1.165) is 25.0 Å². The molecule has 0 bridgehead atoms. The molecule has 158 valence electrons. The summed E-state index contributed by atoms with van der Waals surface area (Å²) in [6.45, 7) is 3.06. The molecule has 0 aliphatic heterocycles. The van der Waals surface area contributed by atoms with E-state index in [1.165, 1.54) is 7.11 Å². The summed E-state index contributed by atoms with van der Waals surface area (Å²) >= 11 is 0. The third kappa shape index (κ3) is 6.09. The van der Waals surface area contributed by atoms with Gasteiger partial charge in [-0.1, -0.05) is 12.1 Å².